The van der Waals surface area contributed by atoms with E-state index in [0.29, 0.717) is 17.5 Å². The van der Waals surface area contributed by atoms with Crippen molar-refractivity contribution in [2.45, 2.75) is 47.7 Å². The van der Waals surface area contributed by atoms with Gasteiger partial charge in [-0.1, -0.05) is 6.07 Å². The summed E-state index contributed by atoms with van der Waals surface area (Å²) in [7, 11) is 0. The van der Waals surface area contributed by atoms with Crippen LogP contribution >= 0.6 is 11.8 Å². The second-order valence-electron chi connectivity index (χ2n) is 5.65. The van der Waals surface area contributed by atoms with Crippen molar-refractivity contribution in [3.63, 3.8) is 0 Å². The van der Waals surface area contributed by atoms with E-state index in [0.717, 1.165) is 15.9 Å². The van der Waals surface area contributed by atoms with Crippen LogP contribution in [0, 0.1) is 0 Å². The van der Waals surface area contributed by atoms with Gasteiger partial charge in [0, 0.05) is 16.9 Å². The largest absolute Gasteiger partial charge is 0.478 e. The van der Waals surface area contributed by atoms with Gasteiger partial charge < -0.3 is 9.67 Å². The first-order valence-electron chi connectivity index (χ1n) is 7.18. The number of hydrogen-bond acceptors (Lipinski definition) is 4. The number of carboxylic acid groups (broad SMARTS) is 1. The van der Waals surface area contributed by atoms with Crippen LogP contribution in [0.5, 0.6) is 0 Å². The topological polar surface area (TPSA) is 68.0 Å². The van der Waals surface area contributed by atoms with Crippen molar-refractivity contribution in [2.75, 3.05) is 0 Å². The molecule has 108 valence electrons. The third-order valence-electron chi connectivity index (χ3n) is 3.84. The molecule has 1 aromatic carbocycles. The molecule has 2 aliphatic rings. The first-order valence-corrected chi connectivity index (χ1v) is 8.00. The highest BCUT2D eigenvalue weighted by Gasteiger charge is 2.36. The van der Waals surface area contributed by atoms with Crippen LogP contribution in [0.1, 0.15) is 53.8 Å². The van der Waals surface area contributed by atoms with E-state index < -0.39 is 5.97 Å². The Hall–Kier alpha value is -1.82. The number of carboxylic acids is 1. The molecule has 0 radical (unpaired) electrons. The zero-order chi connectivity index (χ0) is 14.4. The van der Waals surface area contributed by atoms with Crippen LogP contribution in [0.4, 0.5) is 0 Å². The van der Waals surface area contributed by atoms with Crippen molar-refractivity contribution in [2.24, 2.45) is 0 Å². The lowest BCUT2D eigenvalue weighted by Gasteiger charge is -2.08. The quantitative estimate of drug-likeness (QED) is 0.917. The summed E-state index contributed by atoms with van der Waals surface area (Å²) < 4.78 is 2.27. The van der Waals surface area contributed by atoms with Crippen LogP contribution in [-0.2, 0) is 0 Å². The van der Waals surface area contributed by atoms with E-state index >= 15 is 0 Å². The van der Waals surface area contributed by atoms with Gasteiger partial charge in [0.05, 0.1) is 5.56 Å². The number of nitrogens with zero attached hydrogens (tertiary/aromatic N) is 3. The van der Waals surface area contributed by atoms with Gasteiger partial charge in [0.2, 0.25) is 0 Å². The Kier molecular flexibility index (Phi) is 2.99. The Morgan fingerprint density at radius 3 is 2.71 bits per heavy atom. The zero-order valence-corrected chi connectivity index (χ0v) is 12.2. The summed E-state index contributed by atoms with van der Waals surface area (Å²) >= 11 is 1.51. The van der Waals surface area contributed by atoms with Gasteiger partial charge in [0.25, 0.3) is 0 Å². The minimum Gasteiger partial charge on any atom is -0.478 e. The molecule has 2 saturated carbocycles. The van der Waals surface area contributed by atoms with Gasteiger partial charge in [-0.2, -0.15) is 0 Å². The fourth-order valence-electron chi connectivity index (χ4n) is 2.45. The molecule has 21 heavy (non-hydrogen) atoms. The molecule has 0 unspecified atom stereocenters. The van der Waals surface area contributed by atoms with Gasteiger partial charge in [-0.3, -0.25) is 0 Å². The highest BCUT2D eigenvalue weighted by atomic mass is 32.2. The molecule has 0 aliphatic heterocycles. The molecule has 2 fully saturated rings. The standard InChI is InChI=1S/C15H15N3O2S/c19-14(20)10-2-1-3-12(8-10)21-15-17-16-13(9-4-5-9)18(15)11-6-7-11/h1-3,8-9,11H,4-7H2,(H,19,20). The third kappa shape index (κ3) is 2.55. The molecule has 1 aromatic heterocycles. The summed E-state index contributed by atoms with van der Waals surface area (Å²) in [6, 6.07) is 7.52. The summed E-state index contributed by atoms with van der Waals surface area (Å²) in [5.41, 5.74) is 0.305. The molecule has 4 rings (SSSR count). The summed E-state index contributed by atoms with van der Waals surface area (Å²) in [4.78, 5) is 11.9. The average Bonchev–Trinajstić information content (AvgIpc) is 3.39. The van der Waals surface area contributed by atoms with Gasteiger partial charge in [0.1, 0.15) is 5.82 Å². The fraction of sp³-hybridized carbons (Fsp3) is 0.400. The summed E-state index contributed by atoms with van der Waals surface area (Å²) in [5.74, 6) is 0.798. The van der Waals surface area contributed by atoms with Crippen molar-refractivity contribution in [1.29, 1.82) is 0 Å². The second kappa shape index (κ2) is 4.87. The molecule has 1 heterocycles. The summed E-state index contributed by atoms with van der Waals surface area (Å²) in [6.07, 6.45) is 4.81. The summed E-state index contributed by atoms with van der Waals surface area (Å²) in [5, 5.41) is 18.7. The van der Waals surface area contributed by atoms with Crippen molar-refractivity contribution in [3.8, 4) is 0 Å². The van der Waals surface area contributed by atoms with Gasteiger partial charge in [0.15, 0.2) is 5.16 Å². The predicted molar refractivity (Wildman–Crippen MR) is 77.8 cm³/mol. The molecule has 0 bridgehead atoms. The maximum atomic E-state index is 11.1. The smallest absolute Gasteiger partial charge is 0.335 e. The van der Waals surface area contributed by atoms with Gasteiger partial charge in [-0.05, 0) is 55.6 Å². The third-order valence-corrected chi connectivity index (χ3v) is 4.79. The number of rotatable bonds is 5. The SMILES string of the molecule is O=C(O)c1cccc(Sc2nnc(C3CC3)n2C2CC2)c1. The van der Waals surface area contributed by atoms with Crippen molar-refractivity contribution in [1.82, 2.24) is 14.8 Å². The number of carbonyl (C=O) groups is 1. The predicted octanol–water partition coefficient (Wildman–Crippen LogP) is 3.34. The maximum Gasteiger partial charge on any atom is 0.335 e. The lowest BCUT2D eigenvalue weighted by Crippen LogP contribution is -2.02. The lowest BCUT2D eigenvalue weighted by atomic mass is 10.2. The van der Waals surface area contributed by atoms with E-state index in [-0.39, 0.29) is 0 Å². The van der Waals surface area contributed by atoms with Crippen LogP contribution in [0.3, 0.4) is 0 Å². The van der Waals surface area contributed by atoms with E-state index in [9.17, 15) is 4.79 Å². The minimum absolute atomic E-state index is 0.305. The van der Waals surface area contributed by atoms with Crippen LogP contribution in [0.25, 0.3) is 0 Å². The van der Waals surface area contributed by atoms with Gasteiger partial charge in [-0.15, -0.1) is 10.2 Å². The highest BCUT2D eigenvalue weighted by molar-refractivity contribution is 7.99. The Balaban J connectivity index is 1.65. The monoisotopic (exact) mass is 301 g/mol. The van der Waals surface area contributed by atoms with E-state index in [1.54, 1.807) is 18.2 Å². The van der Waals surface area contributed by atoms with Crippen molar-refractivity contribution < 1.29 is 9.90 Å². The highest BCUT2D eigenvalue weighted by Crippen LogP contribution is 2.46. The molecular weight excluding hydrogens is 286 g/mol. The van der Waals surface area contributed by atoms with E-state index in [1.807, 2.05) is 6.07 Å². The number of aromatic nitrogens is 3. The molecule has 0 atom stereocenters. The van der Waals surface area contributed by atoms with Crippen molar-refractivity contribution in [3.05, 3.63) is 35.7 Å². The fourth-order valence-corrected chi connectivity index (χ4v) is 3.42. The molecule has 0 saturated heterocycles. The molecule has 1 N–H and O–H groups in total. The molecule has 6 heteroatoms. The molecule has 0 spiro atoms. The Labute approximate surface area is 126 Å². The molecule has 0 amide bonds. The Morgan fingerprint density at radius 2 is 2.05 bits per heavy atom. The maximum absolute atomic E-state index is 11.1. The summed E-state index contributed by atoms with van der Waals surface area (Å²) in [6.45, 7) is 0. The van der Waals surface area contributed by atoms with Crippen molar-refractivity contribution >= 4 is 17.7 Å². The van der Waals surface area contributed by atoms with Crippen LogP contribution in [0.2, 0.25) is 0 Å². The Bertz CT molecular complexity index is 705. The number of aromatic carboxylic acids is 1. The van der Waals surface area contributed by atoms with Crippen LogP contribution in [-0.4, -0.2) is 25.8 Å². The first-order chi connectivity index (χ1) is 10.2. The number of benzene rings is 1. The number of hydrogen-bond donors (Lipinski definition) is 1. The minimum atomic E-state index is -0.903. The molecule has 2 aliphatic carbocycles. The lowest BCUT2D eigenvalue weighted by molar-refractivity contribution is 0.0696. The second-order valence-corrected chi connectivity index (χ2v) is 6.69. The molecule has 2 aromatic rings. The van der Waals surface area contributed by atoms with Gasteiger partial charge >= 0.3 is 5.97 Å². The van der Waals surface area contributed by atoms with Crippen LogP contribution < -0.4 is 0 Å². The molecular formula is C15H15N3O2S. The Morgan fingerprint density at radius 1 is 1.24 bits per heavy atom. The first kappa shape index (κ1) is 12.9. The molecule has 5 nitrogen and oxygen atoms in total. The average molecular weight is 301 g/mol. The van der Waals surface area contributed by atoms with E-state index in [4.69, 9.17) is 5.11 Å². The van der Waals surface area contributed by atoms with E-state index in [1.165, 1.54) is 37.4 Å². The van der Waals surface area contributed by atoms with Gasteiger partial charge in [-0.25, -0.2) is 4.79 Å². The van der Waals surface area contributed by atoms with Crippen LogP contribution in [0.15, 0.2) is 34.3 Å². The normalized spacial score (nSPS) is 17.9. The van der Waals surface area contributed by atoms with E-state index in [2.05, 4.69) is 14.8 Å². The zero-order valence-electron chi connectivity index (χ0n) is 11.4.